The van der Waals surface area contributed by atoms with Gasteiger partial charge >= 0.3 is 0 Å². The minimum absolute atomic E-state index is 0.898. The highest BCUT2D eigenvalue weighted by atomic mass is 15.4. The summed E-state index contributed by atoms with van der Waals surface area (Å²) < 4.78 is 0. The quantitative estimate of drug-likeness (QED) is 0.581. The predicted octanol–water partition coefficient (Wildman–Crippen LogP) is 1.23. The Kier molecular flexibility index (Phi) is 1.87. The first-order valence-corrected chi connectivity index (χ1v) is 4.34. The Morgan fingerprint density at radius 2 is 2.17 bits per heavy atom. The lowest BCUT2D eigenvalue weighted by Crippen LogP contribution is -2.36. The maximum atomic E-state index is 5.72. The van der Waals surface area contributed by atoms with Gasteiger partial charge in [0.2, 0.25) is 0 Å². The Balaban J connectivity index is 2.37. The maximum Gasteiger partial charge on any atom is 0.0382 e. The molecule has 2 heteroatoms. The van der Waals surface area contributed by atoms with E-state index in [1.807, 2.05) is 5.01 Å². The van der Waals surface area contributed by atoms with Crippen molar-refractivity contribution in [2.45, 2.75) is 19.9 Å². The molecule has 0 saturated carbocycles. The summed E-state index contributed by atoms with van der Waals surface area (Å²) in [6, 6.07) is 6.60. The SMILES string of the molecule is Cc1ccc2c(c1)CCN(N)C2. The van der Waals surface area contributed by atoms with Crippen LogP contribution in [0.4, 0.5) is 0 Å². The van der Waals surface area contributed by atoms with E-state index in [4.69, 9.17) is 5.84 Å². The van der Waals surface area contributed by atoms with Crippen LogP contribution in [0.15, 0.2) is 18.2 Å². The molecule has 0 saturated heterocycles. The highest BCUT2D eigenvalue weighted by molar-refractivity contribution is 5.32. The lowest BCUT2D eigenvalue weighted by atomic mass is 9.99. The molecule has 1 heterocycles. The third-order valence-electron chi connectivity index (χ3n) is 2.40. The summed E-state index contributed by atoms with van der Waals surface area (Å²) in [5, 5.41) is 1.87. The van der Waals surface area contributed by atoms with E-state index >= 15 is 0 Å². The van der Waals surface area contributed by atoms with Crippen molar-refractivity contribution in [1.29, 1.82) is 0 Å². The van der Waals surface area contributed by atoms with Crippen molar-refractivity contribution in [1.82, 2.24) is 5.01 Å². The van der Waals surface area contributed by atoms with Crippen molar-refractivity contribution in [3.63, 3.8) is 0 Å². The molecule has 0 fully saturated rings. The van der Waals surface area contributed by atoms with Crippen LogP contribution in [0.1, 0.15) is 16.7 Å². The number of hydrogen-bond acceptors (Lipinski definition) is 2. The standard InChI is InChI=1S/C10H14N2/c1-8-2-3-10-7-12(11)5-4-9(10)6-8/h2-3,6H,4-5,7,11H2,1H3. The molecule has 1 aliphatic rings. The minimum atomic E-state index is 0.898. The number of hydrogen-bond donors (Lipinski definition) is 1. The molecule has 2 rings (SSSR count). The molecule has 1 aromatic rings. The first-order chi connectivity index (χ1) is 5.75. The Morgan fingerprint density at radius 1 is 1.33 bits per heavy atom. The van der Waals surface area contributed by atoms with Gasteiger partial charge in [-0.2, -0.15) is 0 Å². The Bertz CT molecular complexity index is 294. The zero-order valence-corrected chi connectivity index (χ0v) is 7.38. The van der Waals surface area contributed by atoms with E-state index in [-0.39, 0.29) is 0 Å². The van der Waals surface area contributed by atoms with E-state index in [0.29, 0.717) is 0 Å². The van der Waals surface area contributed by atoms with Gasteiger partial charge in [-0.25, -0.2) is 5.01 Å². The Morgan fingerprint density at radius 3 is 3.00 bits per heavy atom. The van der Waals surface area contributed by atoms with Crippen molar-refractivity contribution in [2.24, 2.45) is 5.84 Å². The highest BCUT2D eigenvalue weighted by Crippen LogP contribution is 2.17. The number of rotatable bonds is 0. The number of fused-ring (bicyclic) bond motifs is 1. The topological polar surface area (TPSA) is 29.3 Å². The minimum Gasteiger partial charge on any atom is -0.268 e. The summed E-state index contributed by atoms with van der Waals surface area (Å²) in [4.78, 5) is 0. The summed E-state index contributed by atoms with van der Waals surface area (Å²) in [6.07, 6.45) is 1.09. The van der Waals surface area contributed by atoms with Crippen molar-refractivity contribution in [2.75, 3.05) is 6.54 Å². The van der Waals surface area contributed by atoms with E-state index in [9.17, 15) is 0 Å². The number of nitrogens with two attached hydrogens (primary N) is 1. The second-order valence-electron chi connectivity index (χ2n) is 3.49. The van der Waals surface area contributed by atoms with Crippen molar-refractivity contribution in [3.05, 3.63) is 34.9 Å². The average molecular weight is 162 g/mol. The molecule has 0 unspecified atom stereocenters. The molecule has 0 radical (unpaired) electrons. The first-order valence-electron chi connectivity index (χ1n) is 4.34. The third kappa shape index (κ3) is 1.36. The van der Waals surface area contributed by atoms with Gasteiger partial charge in [0.15, 0.2) is 0 Å². The van der Waals surface area contributed by atoms with Gasteiger partial charge in [-0.05, 0) is 24.5 Å². The number of aryl methyl sites for hydroxylation is 1. The van der Waals surface area contributed by atoms with Crippen molar-refractivity contribution in [3.8, 4) is 0 Å². The van der Waals surface area contributed by atoms with Gasteiger partial charge in [0.1, 0.15) is 0 Å². The van der Waals surface area contributed by atoms with Crippen LogP contribution in [0.25, 0.3) is 0 Å². The molecule has 1 aliphatic heterocycles. The number of hydrazine groups is 1. The summed E-state index contributed by atoms with van der Waals surface area (Å²) in [7, 11) is 0. The molecule has 2 nitrogen and oxygen atoms in total. The lowest BCUT2D eigenvalue weighted by Gasteiger charge is -2.24. The number of nitrogens with zero attached hydrogens (tertiary/aromatic N) is 1. The number of benzene rings is 1. The molecule has 64 valence electrons. The van der Waals surface area contributed by atoms with Gasteiger partial charge in [0, 0.05) is 13.1 Å². The van der Waals surface area contributed by atoms with Gasteiger partial charge < -0.3 is 0 Å². The van der Waals surface area contributed by atoms with E-state index in [2.05, 4.69) is 25.1 Å². The molecule has 1 aromatic carbocycles. The molecule has 2 N–H and O–H groups in total. The van der Waals surface area contributed by atoms with Crippen LogP contribution in [0.2, 0.25) is 0 Å². The molecule has 0 spiro atoms. The van der Waals surface area contributed by atoms with Crippen LogP contribution >= 0.6 is 0 Å². The van der Waals surface area contributed by atoms with E-state index in [0.717, 1.165) is 19.5 Å². The van der Waals surface area contributed by atoms with E-state index < -0.39 is 0 Å². The van der Waals surface area contributed by atoms with Crippen LogP contribution < -0.4 is 5.84 Å². The summed E-state index contributed by atoms with van der Waals surface area (Å²) in [6.45, 7) is 4.02. The monoisotopic (exact) mass is 162 g/mol. The fourth-order valence-electron chi connectivity index (χ4n) is 1.70. The molecule has 0 aliphatic carbocycles. The molecule has 12 heavy (non-hydrogen) atoms. The van der Waals surface area contributed by atoms with Gasteiger partial charge in [-0.3, -0.25) is 5.84 Å². The van der Waals surface area contributed by atoms with Gasteiger partial charge in [-0.1, -0.05) is 23.8 Å². The van der Waals surface area contributed by atoms with Crippen LogP contribution in [0.3, 0.4) is 0 Å². The molecule has 0 amide bonds. The fraction of sp³-hybridized carbons (Fsp3) is 0.400. The maximum absolute atomic E-state index is 5.72. The third-order valence-corrected chi connectivity index (χ3v) is 2.40. The second-order valence-corrected chi connectivity index (χ2v) is 3.49. The van der Waals surface area contributed by atoms with Crippen LogP contribution in [-0.4, -0.2) is 11.6 Å². The molecule has 0 aromatic heterocycles. The fourth-order valence-corrected chi connectivity index (χ4v) is 1.70. The van der Waals surface area contributed by atoms with Crippen LogP contribution in [0.5, 0.6) is 0 Å². The normalized spacial score (nSPS) is 17.5. The zero-order chi connectivity index (χ0) is 8.55. The van der Waals surface area contributed by atoms with E-state index in [1.165, 1.54) is 16.7 Å². The predicted molar refractivity (Wildman–Crippen MR) is 49.5 cm³/mol. The Labute approximate surface area is 73.0 Å². The smallest absolute Gasteiger partial charge is 0.0382 e. The summed E-state index contributed by atoms with van der Waals surface area (Å²) in [5.74, 6) is 5.72. The Hall–Kier alpha value is -0.860. The van der Waals surface area contributed by atoms with Gasteiger partial charge in [-0.15, -0.1) is 0 Å². The largest absolute Gasteiger partial charge is 0.268 e. The van der Waals surface area contributed by atoms with E-state index in [1.54, 1.807) is 0 Å². The molecular weight excluding hydrogens is 148 g/mol. The van der Waals surface area contributed by atoms with Crippen molar-refractivity contribution < 1.29 is 0 Å². The summed E-state index contributed by atoms with van der Waals surface area (Å²) in [5.41, 5.74) is 4.20. The van der Waals surface area contributed by atoms with Crippen LogP contribution in [-0.2, 0) is 13.0 Å². The molecular formula is C10H14N2. The average Bonchev–Trinajstić information content (AvgIpc) is 2.05. The van der Waals surface area contributed by atoms with Gasteiger partial charge in [0.05, 0.1) is 0 Å². The zero-order valence-electron chi connectivity index (χ0n) is 7.38. The molecule has 0 atom stereocenters. The molecule has 0 bridgehead atoms. The second kappa shape index (κ2) is 2.88. The van der Waals surface area contributed by atoms with Crippen molar-refractivity contribution >= 4 is 0 Å². The first kappa shape index (κ1) is 7.77. The highest BCUT2D eigenvalue weighted by Gasteiger charge is 2.12. The lowest BCUT2D eigenvalue weighted by molar-refractivity contribution is 0.263. The van der Waals surface area contributed by atoms with Crippen LogP contribution in [0, 0.1) is 6.92 Å². The van der Waals surface area contributed by atoms with Gasteiger partial charge in [0.25, 0.3) is 0 Å². The summed E-state index contributed by atoms with van der Waals surface area (Å²) >= 11 is 0.